The fourth-order valence-electron chi connectivity index (χ4n) is 4.32. The van der Waals surface area contributed by atoms with E-state index in [1.54, 1.807) is 4.90 Å². The van der Waals surface area contributed by atoms with Crippen molar-refractivity contribution in [1.82, 2.24) is 15.6 Å². The second-order valence-corrected chi connectivity index (χ2v) is 9.90. The van der Waals surface area contributed by atoms with Crippen molar-refractivity contribution in [2.75, 3.05) is 23.4 Å². The van der Waals surface area contributed by atoms with Gasteiger partial charge >= 0.3 is 6.36 Å². The first-order chi connectivity index (χ1) is 19.2. The van der Waals surface area contributed by atoms with Gasteiger partial charge in [0.1, 0.15) is 35.8 Å². The third-order valence-corrected chi connectivity index (χ3v) is 6.32. The van der Waals surface area contributed by atoms with Crippen LogP contribution in [0.3, 0.4) is 0 Å². The van der Waals surface area contributed by atoms with Crippen molar-refractivity contribution in [3.63, 3.8) is 0 Å². The van der Waals surface area contributed by atoms with Crippen molar-refractivity contribution in [3.8, 4) is 5.75 Å². The van der Waals surface area contributed by atoms with E-state index >= 15 is 0 Å². The van der Waals surface area contributed by atoms with Crippen LogP contribution < -0.4 is 25.2 Å². The SMILES string of the molecule is CN1C(=O)[C@H](NC(=O)C(C)(C)NC(=O)Cc2ncco2)CN(Cc2ccc(OC(F)(F)F)cc2)c2ccc(F)cc21. The van der Waals surface area contributed by atoms with E-state index in [9.17, 15) is 31.9 Å². The molecule has 1 aliphatic rings. The van der Waals surface area contributed by atoms with Gasteiger partial charge < -0.3 is 29.6 Å². The molecular formula is C27H27F4N5O5. The monoisotopic (exact) mass is 577 g/mol. The van der Waals surface area contributed by atoms with E-state index < -0.39 is 47.2 Å². The number of amides is 3. The zero-order valence-corrected chi connectivity index (χ0v) is 22.3. The van der Waals surface area contributed by atoms with Crippen LogP contribution in [0.2, 0.25) is 0 Å². The maximum atomic E-state index is 14.2. The molecule has 2 heterocycles. The van der Waals surface area contributed by atoms with Crippen LogP contribution in [0.1, 0.15) is 25.3 Å². The van der Waals surface area contributed by atoms with Crippen LogP contribution in [0.15, 0.2) is 59.3 Å². The van der Waals surface area contributed by atoms with Crippen molar-refractivity contribution >= 4 is 29.1 Å². The molecular weight excluding hydrogens is 550 g/mol. The average Bonchev–Trinajstić information content (AvgIpc) is 3.36. The Balaban J connectivity index is 1.54. The molecule has 0 saturated carbocycles. The number of nitrogens with one attached hydrogen (secondary N) is 2. The van der Waals surface area contributed by atoms with E-state index in [4.69, 9.17) is 4.42 Å². The lowest BCUT2D eigenvalue weighted by Crippen LogP contribution is -2.60. The van der Waals surface area contributed by atoms with Gasteiger partial charge in [-0.05, 0) is 49.7 Å². The van der Waals surface area contributed by atoms with Crippen LogP contribution >= 0.6 is 0 Å². The lowest BCUT2D eigenvalue weighted by atomic mass is 10.0. The highest BCUT2D eigenvalue weighted by molar-refractivity contribution is 6.04. The van der Waals surface area contributed by atoms with Gasteiger partial charge in [0, 0.05) is 20.1 Å². The minimum Gasteiger partial charge on any atom is -0.448 e. The average molecular weight is 578 g/mol. The number of ether oxygens (including phenoxy) is 1. The van der Waals surface area contributed by atoms with Gasteiger partial charge in [-0.15, -0.1) is 13.2 Å². The number of carbonyl (C=O) groups is 3. The lowest BCUT2D eigenvalue weighted by Gasteiger charge is -2.30. The number of carbonyl (C=O) groups excluding carboxylic acids is 3. The summed E-state index contributed by atoms with van der Waals surface area (Å²) in [5, 5.41) is 5.27. The molecule has 3 aromatic rings. The third-order valence-electron chi connectivity index (χ3n) is 6.32. The van der Waals surface area contributed by atoms with Crippen LogP contribution in [0.25, 0.3) is 0 Å². The van der Waals surface area contributed by atoms with Crippen molar-refractivity contribution in [1.29, 1.82) is 0 Å². The normalized spacial score (nSPS) is 15.7. The molecule has 10 nitrogen and oxygen atoms in total. The Labute approximate surface area is 232 Å². The van der Waals surface area contributed by atoms with E-state index in [1.165, 1.54) is 68.6 Å². The minimum absolute atomic E-state index is 0.0608. The number of hydrogen-bond acceptors (Lipinski definition) is 7. The molecule has 0 spiro atoms. The molecule has 0 unspecified atom stereocenters. The molecule has 2 N–H and O–H groups in total. The first-order valence-electron chi connectivity index (χ1n) is 12.4. The topological polar surface area (TPSA) is 117 Å². The number of oxazole rings is 1. The largest absolute Gasteiger partial charge is 0.573 e. The zero-order chi connectivity index (χ0) is 29.9. The lowest BCUT2D eigenvalue weighted by molar-refractivity contribution is -0.274. The maximum Gasteiger partial charge on any atom is 0.573 e. The van der Waals surface area contributed by atoms with Crippen molar-refractivity contribution in [3.05, 3.63) is 72.2 Å². The molecule has 0 aliphatic carbocycles. The van der Waals surface area contributed by atoms with Gasteiger partial charge in [-0.25, -0.2) is 9.37 Å². The standard InChI is InChI=1S/C27H27F4N5O5/c1-26(2,34-22(37)13-23-32-10-11-40-23)25(39)33-19-15-36(14-16-4-7-18(8-5-16)41-27(29,30)31)20-9-6-17(28)12-21(20)35(3)24(19)38/h4-12,19H,13-15H2,1-3H3,(H,33,39)(H,34,37)/t19-/m1/s1. The van der Waals surface area contributed by atoms with E-state index in [-0.39, 0.29) is 31.1 Å². The molecule has 4 rings (SSSR count). The van der Waals surface area contributed by atoms with Crippen molar-refractivity contribution in [2.45, 2.75) is 44.8 Å². The molecule has 3 amide bonds. The summed E-state index contributed by atoms with van der Waals surface area (Å²) in [6.07, 6.45) is -2.34. The Hall–Kier alpha value is -4.62. The summed E-state index contributed by atoms with van der Waals surface area (Å²) in [6.45, 7) is 2.98. The summed E-state index contributed by atoms with van der Waals surface area (Å²) in [6, 6.07) is 7.93. The molecule has 0 saturated heterocycles. The quantitative estimate of drug-likeness (QED) is 0.395. The minimum atomic E-state index is -4.84. The molecule has 0 fully saturated rings. The first-order valence-corrected chi connectivity index (χ1v) is 12.4. The summed E-state index contributed by atoms with van der Waals surface area (Å²) in [5.41, 5.74) is -0.168. The fourth-order valence-corrected chi connectivity index (χ4v) is 4.32. The Bertz CT molecular complexity index is 1410. The summed E-state index contributed by atoms with van der Waals surface area (Å²) >= 11 is 0. The van der Waals surface area contributed by atoms with Gasteiger partial charge in [0.2, 0.25) is 17.7 Å². The molecule has 41 heavy (non-hydrogen) atoms. The summed E-state index contributed by atoms with van der Waals surface area (Å²) in [5.74, 6) is -2.54. The van der Waals surface area contributed by atoms with Crippen LogP contribution in [-0.2, 0) is 27.3 Å². The number of anilines is 2. The first kappa shape index (κ1) is 29.4. The Morgan fingerprint density at radius 1 is 1.12 bits per heavy atom. The molecule has 2 aromatic carbocycles. The van der Waals surface area contributed by atoms with Crippen LogP contribution in [0.4, 0.5) is 28.9 Å². The number of nitrogens with zero attached hydrogens (tertiary/aromatic N) is 3. The van der Waals surface area contributed by atoms with E-state index in [0.717, 1.165) is 12.1 Å². The van der Waals surface area contributed by atoms with Crippen LogP contribution in [-0.4, -0.2) is 54.2 Å². The fraction of sp³-hybridized carbons (Fsp3) is 0.333. The third kappa shape index (κ3) is 7.32. The van der Waals surface area contributed by atoms with Gasteiger partial charge in [-0.1, -0.05) is 12.1 Å². The van der Waals surface area contributed by atoms with Gasteiger partial charge in [-0.3, -0.25) is 14.4 Å². The van der Waals surface area contributed by atoms with Crippen LogP contribution in [0.5, 0.6) is 5.75 Å². The smallest absolute Gasteiger partial charge is 0.448 e. The predicted molar refractivity (Wildman–Crippen MR) is 138 cm³/mol. The molecule has 1 atom stereocenters. The highest BCUT2D eigenvalue weighted by Gasteiger charge is 2.37. The zero-order valence-electron chi connectivity index (χ0n) is 22.3. The van der Waals surface area contributed by atoms with Gasteiger partial charge in [0.15, 0.2) is 0 Å². The Morgan fingerprint density at radius 2 is 1.83 bits per heavy atom. The van der Waals surface area contributed by atoms with E-state index in [2.05, 4.69) is 20.4 Å². The van der Waals surface area contributed by atoms with Crippen LogP contribution in [0, 0.1) is 5.82 Å². The second-order valence-electron chi connectivity index (χ2n) is 9.90. The van der Waals surface area contributed by atoms with Gasteiger partial charge in [0.25, 0.3) is 5.91 Å². The number of hydrogen-bond donors (Lipinski definition) is 2. The number of likely N-dealkylation sites (N-methyl/N-ethyl adjacent to an activating group) is 1. The van der Waals surface area contributed by atoms with Crippen molar-refractivity contribution in [2.24, 2.45) is 0 Å². The van der Waals surface area contributed by atoms with E-state index in [0.29, 0.717) is 11.3 Å². The molecule has 1 aliphatic heterocycles. The number of benzene rings is 2. The number of aromatic nitrogens is 1. The van der Waals surface area contributed by atoms with Gasteiger partial charge in [-0.2, -0.15) is 0 Å². The molecule has 14 heteroatoms. The highest BCUT2D eigenvalue weighted by atomic mass is 19.4. The number of fused-ring (bicyclic) bond motifs is 1. The second kappa shape index (κ2) is 11.5. The number of rotatable bonds is 8. The Morgan fingerprint density at radius 3 is 2.46 bits per heavy atom. The molecule has 218 valence electrons. The maximum absolute atomic E-state index is 14.2. The van der Waals surface area contributed by atoms with Gasteiger partial charge in [0.05, 0.1) is 17.6 Å². The van der Waals surface area contributed by atoms with E-state index in [1.807, 2.05) is 0 Å². The number of halogens is 4. The summed E-state index contributed by atoms with van der Waals surface area (Å²) in [4.78, 5) is 45.9. The predicted octanol–water partition coefficient (Wildman–Crippen LogP) is 3.32. The number of alkyl halides is 3. The molecule has 0 radical (unpaired) electrons. The summed E-state index contributed by atoms with van der Waals surface area (Å²) in [7, 11) is 1.44. The molecule has 0 bridgehead atoms. The van der Waals surface area contributed by atoms with Crippen molar-refractivity contribution < 1.29 is 41.1 Å². The summed E-state index contributed by atoms with van der Waals surface area (Å²) < 4.78 is 60.8. The highest BCUT2D eigenvalue weighted by Crippen LogP contribution is 2.34. The Kier molecular flexibility index (Phi) is 8.22. The molecule has 1 aromatic heterocycles.